The minimum Gasteiger partial charge on any atom is -0.391 e. The molecule has 11 nitrogen and oxygen atoms in total. The van der Waals surface area contributed by atoms with Crippen LogP contribution in [0.5, 0.6) is 0 Å². The Kier molecular flexibility index (Phi) is 6.01. The Hall–Kier alpha value is -3.27. The minimum absolute atomic E-state index is 0.0834. The average Bonchev–Trinajstić information content (AvgIpc) is 3.62. The van der Waals surface area contributed by atoms with E-state index in [9.17, 15) is 10.4 Å². The standard InChI is InChI=1S/C25H31N9O2S/c1-14-17(35)5-9-34(14)24-29-16(12-19(30-24)33-10-7-28-8-11-33)22-31-23(36-32-22)25(2)6-3-4-18-20(25)15(13-26)21(27)37-18/h12,14,17,28,35H,3-11,27H2,1-2H3/t14-,17?,25-/m0/s1. The van der Waals surface area contributed by atoms with Gasteiger partial charge in [-0.3, -0.25) is 0 Å². The van der Waals surface area contributed by atoms with Gasteiger partial charge in [0.2, 0.25) is 17.7 Å². The highest BCUT2D eigenvalue weighted by Gasteiger charge is 2.43. The number of piperazine rings is 1. The summed E-state index contributed by atoms with van der Waals surface area (Å²) in [5.41, 5.74) is 7.62. The SMILES string of the molecule is C[C@H]1C(O)CCN1c1nc(-c2noc([C@@]3(C)CCCc4sc(N)c(C#N)c43)n2)cc(N2CCNCC2)n1. The fourth-order valence-corrected chi connectivity index (χ4v) is 6.98. The van der Waals surface area contributed by atoms with Crippen molar-refractivity contribution in [2.24, 2.45) is 0 Å². The molecule has 6 rings (SSSR count). The summed E-state index contributed by atoms with van der Waals surface area (Å²) in [5, 5.41) is 28.4. The molecule has 0 aromatic carbocycles. The summed E-state index contributed by atoms with van der Waals surface area (Å²) >= 11 is 1.48. The largest absolute Gasteiger partial charge is 0.391 e. The molecular weight excluding hydrogens is 490 g/mol. The number of nitrogen functional groups attached to an aromatic ring is 1. The van der Waals surface area contributed by atoms with Crippen molar-refractivity contribution in [1.82, 2.24) is 25.4 Å². The molecule has 2 aliphatic heterocycles. The van der Waals surface area contributed by atoms with Crippen molar-refractivity contribution < 1.29 is 9.63 Å². The van der Waals surface area contributed by atoms with E-state index in [-0.39, 0.29) is 6.04 Å². The number of aromatic nitrogens is 4. The average molecular weight is 522 g/mol. The molecule has 3 aliphatic rings. The third kappa shape index (κ3) is 4.02. The molecule has 4 N–H and O–H groups in total. The molecule has 5 heterocycles. The molecule has 194 valence electrons. The molecule has 2 saturated heterocycles. The van der Waals surface area contributed by atoms with Gasteiger partial charge in [-0.05, 0) is 39.5 Å². The van der Waals surface area contributed by atoms with Gasteiger partial charge in [0.25, 0.3) is 0 Å². The zero-order valence-electron chi connectivity index (χ0n) is 21.1. The summed E-state index contributed by atoms with van der Waals surface area (Å²) < 4.78 is 5.87. The molecule has 12 heteroatoms. The number of thiophene rings is 1. The molecule has 1 unspecified atom stereocenters. The van der Waals surface area contributed by atoms with Gasteiger partial charge in [-0.25, -0.2) is 4.98 Å². The van der Waals surface area contributed by atoms with Crippen LogP contribution in [0.1, 0.15) is 55.0 Å². The molecule has 37 heavy (non-hydrogen) atoms. The van der Waals surface area contributed by atoms with Crippen molar-refractivity contribution >= 4 is 28.1 Å². The fraction of sp³-hybridized carbons (Fsp3) is 0.560. The third-order valence-electron chi connectivity index (χ3n) is 7.99. The predicted octanol–water partition coefficient (Wildman–Crippen LogP) is 2.05. The first-order valence-corrected chi connectivity index (χ1v) is 13.7. The maximum Gasteiger partial charge on any atom is 0.237 e. The first-order chi connectivity index (χ1) is 17.9. The predicted molar refractivity (Wildman–Crippen MR) is 141 cm³/mol. The van der Waals surface area contributed by atoms with E-state index >= 15 is 0 Å². The second-order valence-corrected chi connectivity index (χ2v) is 11.4. The lowest BCUT2D eigenvalue weighted by molar-refractivity contribution is 0.170. The summed E-state index contributed by atoms with van der Waals surface area (Å²) in [6, 6.07) is 4.13. The maximum atomic E-state index is 10.3. The van der Waals surface area contributed by atoms with Crippen LogP contribution in [-0.2, 0) is 11.8 Å². The zero-order chi connectivity index (χ0) is 25.7. The van der Waals surface area contributed by atoms with E-state index in [1.54, 1.807) is 0 Å². The van der Waals surface area contributed by atoms with Crippen LogP contribution in [0.3, 0.4) is 0 Å². The number of hydrogen-bond acceptors (Lipinski definition) is 12. The molecule has 3 aromatic rings. The molecule has 0 saturated carbocycles. The van der Waals surface area contributed by atoms with Crippen LogP contribution in [0.25, 0.3) is 11.5 Å². The lowest BCUT2D eigenvalue weighted by Crippen LogP contribution is -2.44. The lowest BCUT2D eigenvalue weighted by Gasteiger charge is -2.30. The van der Waals surface area contributed by atoms with Crippen molar-refractivity contribution in [2.45, 2.75) is 57.1 Å². The van der Waals surface area contributed by atoms with E-state index in [2.05, 4.69) is 28.4 Å². The van der Waals surface area contributed by atoms with Gasteiger partial charge in [-0.15, -0.1) is 11.3 Å². The summed E-state index contributed by atoms with van der Waals surface area (Å²) in [4.78, 5) is 19.9. The number of anilines is 3. The molecular formula is C25H31N9O2S. The van der Waals surface area contributed by atoms with Gasteiger partial charge < -0.3 is 30.5 Å². The monoisotopic (exact) mass is 521 g/mol. The topological polar surface area (TPSA) is 153 Å². The van der Waals surface area contributed by atoms with Crippen molar-refractivity contribution in [3.05, 3.63) is 28.0 Å². The number of nitrogens with zero attached hydrogens (tertiary/aromatic N) is 7. The molecule has 3 aromatic heterocycles. The van der Waals surface area contributed by atoms with Crippen molar-refractivity contribution in [2.75, 3.05) is 48.3 Å². The number of fused-ring (bicyclic) bond motifs is 1. The quantitative estimate of drug-likeness (QED) is 0.462. The summed E-state index contributed by atoms with van der Waals surface area (Å²) in [7, 11) is 0. The van der Waals surface area contributed by atoms with Crippen LogP contribution in [0.2, 0.25) is 0 Å². The molecule has 2 fully saturated rings. The third-order valence-corrected chi connectivity index (χ3v) is 9.07. The number of aryl methyl sites for hydroxylation is 1. The number of rotatable bonds is 4. The van der Waals surface area contributed by atoms with Crippen LogP contribution in [-0.4, -0.2) is 70.1 Å². The highest BCUT2D eigenvalue weighted by molar-refractivity contribution is 7.16. The van der Waals surface area contributed by atoms with Crippen LogP contribution >= 0.6 is 11.3 Å². The van der Waals surface area contributed by atoms with Crippen LogP contribution in [0, 0.1) is 11.3 Å². The van der Waals surface area contributed by atoms with Gasteiger partial charge in [0.15, 0.2) is 0 Å². The van der Waals surface area contributed by atoms with Crippen LogP contribution < -0.4 is 20.9 Å². The van der Waals surface area contributed by atoms with Crippen molar-refractivity contribution in [1.29, 1.82) is 5.26 Å². The Morgan fingerprint density at radius 2 is 2.08 bits per heavy atom. The molecule has 0 bridgehead atoms. The Balaban J connectivity index is 1.41. The first kappa shape index (κ1) is 24.1. The van der Waals surface area contributed by atoms with Crippen molar-refractivity contribution in [3.8, 4) is 17.6 Å². The molecule has 1 aliphatic carbocycles. The highest BCUT2D eigenvalue weighted by Crippen LogP contribution is 2.48. The molecule has 0 spiro atoms. The van der Waals surface area contributed by atoms with Crippen LogP contribution in [0.4, 0.5) is 16.8 Å². The summed E-state index contributed by atoms with van der Waals surface area (Å²) in [6.07, 6.45) is 2.89. The van der Waals surface area contributed by atoms with E-state index in [1.165, 1.54) is 11.3 Å². The van der Waals surface area contributed by atoms with E-state index in [0.29, 0.717) is 46.9 Å². The number of nitriles is 1. The summed E-state index contributed by atoms with van der Waals surface area (Å²) in [6.45, 7) is 8.16. The van der Waals surface area contributed by atoms with Gasteiger partial charge in [0.1, 0.15) is 22.6 Å². The Labute approximate surface area is 219 Å². The smallest absolute Gasteiger partial charge is 0.237 e. The Morgan fingerprint density at radius 1 is 1.27 bits per heavy atom. The Bertz CT molecular complexity index is 1360. The van der Waals surface area contributed by atoms with E-state index < -0.39 is 11.5 Å². The van der Waals surface area contributed by atoms with Crippen molar-refractivity contribution in [3.63, 3.8) is 0 Å². The number of hydrogen-bond donors (Lipinski definition) is 3. The molecule has 0 amide bonds. The lowest BCUT2D eigenvalue weighted by atomic mass is 9.72. The maximum absolute atomic E-state index is 10.3. The van der Waals surface area contributed by atoms with Gasteiger partial charge in [-0.1, -0.05) is 5.16 Å². The highest BCUT2D eigenvalue weighted by atomic mass is 32.1. The number of aliphatic hydroxyl groups excluding tert-OH is 1. The molecule has 3 atom stereocenters. The van der Waals surface area contributed by atoms with E-state index in [4.69, 9.17) is 25.2 Å². The zero-order valence-corrected chi connectivity index (χ0v) is 21.9. The van der Waals surface area contributed by atoms with Crippen LogP contribution in [0.15, 0.2) is 10.6 Å². The van der Waals surface area contributed by atoms with E-state index in [0.717, 1.165) is 61.7 Å². The van der Waals surface area contributed by atoms with Gasteiger partial charge in [0.05, 0.1) is 23.1 Å². The first-order valence-electron chi connectivity index (χ1n) is 12.8. The molecule has 0 radical (unpaired) electrons. The normalized spacial score (nSPS) is 25.8. The number of nitrogens with two attached hydrogens (primary N) is 1. The number of nitrogens with one attached hydrogen (secondary N) is 1. The minimum atomic E-state index is -0.594. The second kappa shape index (κ2) is 9.24. The van der Waals surface area contributed by atoms with Gasteiger partial charge >= 0.3 is 0 Å². The van der Waals surface area contributed by atoms with Gasteiger partial charge in [-0.2, -0.15) is 15.2 Å². The number of aliphatic hydroxyl groups is 1. The van der Waals surface area contributed by atoms with E-state index in [1.807, 2.05) is 17.9 Å². The van der Waals surface area contributed by atoms with Gasteiger partial charge in [0, 0.05) is 49.2 Å². The summed E-state index contributed by atoms with van der Waals surface area (Å²) in [5.74, 6) is 2.22. The second-order valence-electron chi connectivity index (χ2n) is 10.3. The fourth-order valence-electron chi connectivity index (χ4n) is 5.79. The Morgan fingerprint density at radius 3 is 2.81 bits per heavy atom.